The van der Waals surface area contributed by atoms with Crippen molar-refractivity contribution < 1.29 is 4.74 Å². The van der Waals surface area contributed by atoms with Crippen molar-refractivity contribution in [1.82, 2.24) is 29.7 Å². The quantitative estimate of drug-likeness (QED) is 0.326. The second kappa shape index (κ2) is 10.2. The van der Waals surface area contributed by atoms with E-state index in [-0.39, 0.29) is 30.1 Å². The zero-order valence-electron chi connectivity index (χ0n) is 16.2. The number of halogens is 1. The zero-order valence-corrected chi connectivity index (χ0v) is 18.5. The van der Waals surface area contributed by atoms with E-state index >= 15 is 0 Å². The lowest BCUT2D eigenvalue weighted by atomic mass is 10.2. The average molecular weight is 505 g/mol. The van der Waals surface area contributed by atoms with Gasteiger partial charge < -0.3 is 15.0 Å². The van der Waals surface area contributed by atoms with E-state index in [1.165, 1.54) is 0 Å². The summed E-state index contributed by atoms with van der Waals surface area (Å²) in [7, 11) is 1.80. The Labute approximate surface area is 187 Å². The SMILES string of the molecule is CN=C(NCc1cccnc1-n1ccnc1)N1CCC(Oc2ccccn2)C1.I. The number of hydrogen-bond acceptors (Lipinski definition) is 5. The first-order chi connectivity index (χ1) is 13.8. The molecule has 1 fully saturated rings. The highest BCUT2D eigenvalue weighted by atomic mass is 127. The maximum atomic E-state index is 5.98. The van der Waals surface area contributed by atoms with E-state index in [2.05, 4.69) is 36.2 Å². The standard InChI is InChI=1S/C20H23N7O.HI/c1-21-20(26-11-7-17(14-26)28-18-6-2-3-8-23-18)25-13-16-5-4-9-24-19(16)27-12-10-22-15-27;/h2-6,8-10,12,15,17H,7,11,13-14H2,1H3,(H,21,25);1H. The summed E-state index contributed by atoms with van der Waals surface area (Å²) in [4.78, 5) is 19.5. The van der Waals surface area contributed by atoms with E-state index < -0.39 is 0 Å². The molecule has 4 heterocycles. The molecule has 1 N–H and O–H groups in total. The second-order valence-electron chi connectivity index (χ2n) is 6.50. The van der Waals surface area contributed by atoms with Crippen molar-refractivity contribution in [3.05, 3.63) is 67.0 Å². The number of aromatic nitrogens is 4. The van der Waals surface area contributed by atoms with E-state index in [1.54, 1.807) is 32.0 Å². The Bertz CT molecular complexity index is 918. The van der Waals surface area contributed by atoms with Crippen LogP contribution in [0.25, 0.3) is 5.82 Å². The van der Waals surface area contributed by atoms with Crippen molar-refractivity contribution in [3.8, 4) is 11.7 Å². The van der Waals surface area contributed by atoms with Crippen molar-refractivity contribution >= 4 is 29.9 Å². The third-order valence-electron chi connectivity index (χ3n) is 4.63. The minimum Gasteiger partial charge on any atom is -0.472 e. The van der Waals surface area contributed by atoms with E-state index in [9.17, 15) is 0 Å². The van der Waals surface area contributed by atoms with Crippen molar-refractivity contribution in [2.24, 2.45) is 4.99 Å². The second-order valence-corrected chi connectivity index (χ2v) is 6.50. The Hall–Kier alpha value is -2.69. The number of nitrogens with zero attached hydrogens (tertiary/aromatic N) is 6. The number of nitrogens with one attached hydrogen (secondary N) is 1. The molecule has 1 aliphatic rings. The first-order valence-corrected chi connectivity index (χ1v) is 9.29. The van der Waals surface area contributed by atoms with Gasteiger partial charge in [0.1, 0.15) is 18.2 Å². The lowest BCUT2D eigenvalue weighted by Gasteiger charge is -2.22. The number of likely N-dealkylation sites (tertiary alicyclic amines) is 1. The molecule has 152 valence electrons. The largest absolute Gasteiger partial charge is 0.472 e. The Balaban J connectivity index is 0.00000240. The third kappa shape index (κ3) is 5.22. The lowest BCUT2D eigenvalue weighted by Crippen LogP contribution is -2.40. The Morgan fingerprint density at radius 1 is 1.21 bits per heavy atom. The van der Waals surface area contributed by atoms with Crippen LogP contribution in [0.15, 0.2) is 66.4 Å². The minimum absolute atomic E-state index is 0. The highest BCUT2D eigenvalue weighted by molar-refractivity contribution is 14.0. The van der Waals surface area contributed by atoms with Gasteiger partial charge in [-0.2, -0.15) is 0 Å². The molecule has 8 nitrogen and oxygen atoms in total. The molecule has 1 saturated heterocycles. The predicted octanol–water partition coefficient (Wildman–Crippen LogP) is 2.51. The fourth-order valence-corrected chi connectivity index (χ4v) is 3.30. The molecule has 3 aromatic heterocycles. The molecule has 0 aromatic carbocycles. The van der Waals surface area contributed by atoms with Crippen LogP contribution in [0.4, 0.5) is 0 Å². The molecule has 0 amide bonds. The maximum absolute atomic E-state index is 5.98. The van der Waals surface area contributed by atoms with Gasteiger partial charge in [-0.3, -0.25) is 9.56 Å². The van der Waals surface area contributed by atoms with Crippen LogP contribution in [0.3, 0.4) is 0 Å². The van der Waals surface area contributed by atoms with Gasteiger partial charge in [0.05, 0.1) is 6.54 Å². The first-order valence-electron chi connectivity index (χ1n) is 9.29. The first kappa shape index (κ1) is 21.0. The van der Waals surface area contributed by atoms with Gasteiger partial charge in [0.2, 0.25) is 5.88 Å². The molecule has 3 aromatic rings. The van der Waals surface area contributed by atoms with Crippen LogP contribution < -0.4 is 10.1 Å². The van der Waals surface area contributed by atoms with Crippen LogP contribution in [-0.4, -0.2) is 56.6 Å². The highest BCUT2D eigenvalue weighted by Gasteiger charge is 2.26. The number of guanidine groups is 1. The summed E-state index contributed by atoms with van der Waals surface area (Å²) in [5.74, 6) is 2.38. The Morgan fingerprint density at radius 3 is 2.86 bits per heavy atom. The topological polar surface area (TPSA) is 80.5 Å². The fraction of sp³-hybridized carbons (Fsp3) is 0.300. The van der Waals surface area contributed by atoms with Gasteiger partial charge in [-0.15, -0.1) is 24.0 Å². The van der Waals surface area contributed by atoms with Crippen molar-refractivity contribution in [2.45, 2.75) is 19.1 Å². The van der Waals surface area contributed by atoms with Gasteiger partial charge in [-0.05, 0) is 12.1 Å². The van der Waals surface area contributed by atoms with Crippen molar-refractivity contribution in [2.75, 3.05) is 20.1 Å². The molecular weight excluding hydrogens is 481 g/mol. The summed E-state index contributed by atoms with van der Waals surface area (Å²) in [6.45, 7) is 2.28. The van der Waals surface area contributed by atoms with E-state index in [4.69, 9.17) is 4.74 Å². The van der Waals surface area contributed by atoms with Gasteiger partial charge in [0, 0.05) is 63.0 Å². The summed E-state index contributed by atoms with van der Waals surface area (Å²) in [5, 5.41) is 3.45. The summed E-state index contributed by atoms with van der Waals surface area (Å²) in [6, 6.07) is 9.69. The van der Waals surface area contributed by atoms with E-state index in [0.717, 1.165) is 36.9 Å². The highest BCUT2D eigenvalue weighted by Crippen LogP contribution is 2.17. The third-order valence-corrected chi connectivity index (χ3v) is 4.63. The van der Waals surface area contributed by atoms with Crippen LogP contribution in [0.1, 0.15) is 12.0 Å². The molecule has 29 heavy (non-hydrogen) atoms. The van der Waals surface area contributed by atoms with Crippen molar-refractivity contribution in [3.63, 3.8) is 0 Å². The number of pyridine rings is 2. The summed E-state index contributed by atoms with van der Waals surface area (Å²) < 4.78 is 7.88. The van der Waals surface area contributed by atoms with Crippen molar-refractivity contribution in [1.29, 1.82) is 0 Å². The molecule has 0 aliphatic carbocycles. The minimum atomic E-state index is 0. The molecule has 0 bridgehead atoms. The molecule has 0 spiro atoms. The average Bonchev–Trinajstić information content (AvgIpc) is 3.42. The number of imidazole rings is 1. The maximum Gasteiger partial charge on any atom is 0.213 e. The smallest absolute Gasteiger partial charge is 0.213 e. The van der Waals surface area contributed by atoms with E-state index in [0.29, 0.717) is 12.4 Å². The molecule has 1 atom stereocenters. The van der Waals surface area contributed by atoms with Gasteiger partial charge in [0.25, 0.3) is 0 Å². The predicted molar refractivity (Wildman–Crippen MR) is 122 cm³/mol. The Morgan fingerprint density at radius 2 is 2.10 bits per heavy atom. The van der Waals surface area contributed by atoms with Gasteiger partial charge >= 0.3 is 0 Å². The van der Waals surface area contributed by atoms with Gasteiger partial charge in [-0.25, -0.2) is 15.0 Å². The number of aliphatic imine (C=N–C) groups is 1. The number of hydrogen-bond donors (Lipinski definition) is 1. The zero-order chi connectivity index (χ0) is 19.2. The molecule has 1 aliphatic heterocycles. The van der Waals surface area contributed by atoms with Gasteiger partial charge in [-0.1, -0.05) is 12.1 Å². The molecule has 4 rings (SSSR count). The Kier molecular flexibility index (Phi) is 7.39. The van der Waals surface area contributed by atoms with Gasteiger partial charge in [0.15, 0.2) is 5.96 Å². The van der Waals surface area contributed by atoms with Crippen LogP contribution in [0, 0.1) is 0 Å². The van der Waals surface area contributed by atoms with Crippen LogP contribution >= 0.6 is 24.0 Å². The fourth-order valence-electron chi connectivity index (χ4n) is 3.30. The van der Waals surface area contributed by atoms with Crippen LogP contribution in [0.5, 0.6) is 5.88 Å². The van der Waals surface area contributed by atoms with E-state index in [1.807, 2.05) is 35.0 Å². The van der Waals surface area contributed by atoms with Crippen LogP contribution in [0.2, 0.25) is 0 Å². The number of rotatable bonds is 5. The van der Waals surface area contributed by atoms with Crippen LogP contribution in [-0.2, 0) is 6.54 Å². The summed E-state index contributed by atoms with van der Waals surface area (Å²) in [6.07, 6.45) is 9.96. The molecular formula is C20H24IN7O. The lowest BCUT2D eigenvalue weighted by molar-refractivity contribution is 0.205. The monoisotopic (exact) mass is 505 g/mol. The summed E-state index contributed by atoms with van der Waals surface area (Å²) >= 11 is 0. The summed E-state index contributed by atoms with van der Waals surface area (Å²) in [5.41, 5.74) is 1.07. The molecule has 9 heteroatoms. The molecule has 0 radical (unpaired) electrons. The molecule has 1 unspecified atom stereocenters. The normalized spacial score (nSPS) is 16.4. The molecule has 0 saturated carbocycles. The number of ether oxygens (including phenoxy) is 1.